The van der Waals surface area contributed by atoms with E-state index in [9.17, 15) is 13.2 Å². The number of fused-ring (bicyclic) bond motifs is 1. The van der Waals surface area contributed by atoms with Gasteiger partial charge in [0.05, 0.1) is 29.5 Å². The summed E-state index contributed by atoms with van der Waals surface area (Å²) in [5.41, 5.74) is 3.02. The van der Waals surface area contributed by atoms with Crippen LogP contribution in [0.3, 0.4) is 0 Å². The Morgan fingerprint density at radius 1 is 1.19 bits per heavy atom. The number of halogens is 4. The highest BCUT2D eigenvalue weighted by Crippen LogP contribution is 2.33. The molecule has 0 amide bonds. The Balaban J connectivity index is 1.77. The number of hydrogen-bond donors (Lipinski definition) is 1. The van der Waals surface area contributed by atoms with Gasteiger partial charge >= 0.3 is 6.18 Å². The van der Waals surface area contributed by atoms with E-state index in [0.29, 0.717) is 36.6 Å². The fraction of sp³-hybridized carbons (Fsp3) is 0.294. The second-order valence-corrected chi connectivity index (χ2v) is 5.98. The number of rotatable bonds is 3. The van der Waals surface area contributed by atoms with E-state index < -0.39 is 11.7 Å². The summed E-state index contributed by atoms with van der Waals surface area (Å²) >= 11 is 5.85. The molecule has 0 spiro atoms. The van der Waals surface area contributed by atoms with E-state index in [-0.39, 0.29) is 10.8 Å². The molecule has 1 aliphatic rings. The van der Waals surface area contributed by atoms with Gasteiger partial charge < -0.3 is 9.47 Å². The molecule has 1 N–H and O–H groups in total. The SMILES string of the molecule is C/C(=N/Nc1ncc(C(F)(F)F)cc1Cl)c1ccc2c(c1)OCCCO2. The summed E-state index contributed by atoms with van der Waals surface area (Å²) in [5.74, 6) is 1.33. The van der Waals surface area contributed by atoms with Crippen LogP contribution in [0.5, 0.6) is 11.5 Å². The predicted molar refractivity (Wildman–Crippen MR) is 92.1 cm³/mol. The zero-order valence-electron chi connectivity index (χ0n) is 13.7. The van der Waals surface area contributed by atoms with Gasteiger partial charge in [0.2, 0.25) is 0 Å². The van der Waals surface area contributed by atoms with Gasteiger partial charge in [-0.3, -0.25) is 5.43 Å². The Morgan fingerprint density at radius 2 is 1.92 bits per heavy atom. The Labute approximate surface area is 152 Å². The number of nitrogens with zero attached hydrogens (tertiary/aromatic N) is 2. The third kappa shape index (κ3) is 4.19. The standard InChI is InChI=1S/C17H15ClF3N3O2/c1-10(11-3-4-14-15(7-11)26-6-2-5-25-14)23-24-16-13(18)8-12(9-22-16)17(19,20)21/h3-4,7-9H,2,5-6H2,1H3,(H,22,24)/b23-10-. The number of aromatic nitrogens is 1. The van der Waals surface area contributed by atoms with Gasteiger partial charge in [-0.1, -0.05) is 11.6 Å². The first-order valence-electron chi connectivity index (χ1n) is 7.77. The summed E-state index contributed by atoms with van der Waals surface area (Å²) in [6.45, 7) is 2.90. The van der Waals surface area contributed by atoms with Crippen LogP contribution >= 0.6 is 11.6 Å². The lowest BCUT2D eigenvalue weighted by Gasteiger charge is -2.10. The molecular formula is C17H15ClF3N3O2. The van der Waals surface area contributed by atoms with Gasteiger partial charge in [0.15, 0.2) is 17.3 Å². The summed E-state index contributed by atoms with van der Waals surface area (Å²) in [7, 11) is 0. The number of nitrogens with one attached hydrogen (secondary N) is 1. The second kappa shape index (κ2) is 7.41. The first-order chi connectivity index (χ1) is 12.3. The average Bonchev–Trinajstić information content (AvgIpc) is 2.84. The molecule has 0 atom stereocenters. The van der Waals surface area contributed by atoms with E-state index in [4.69, 9.17) is 21.1 Å². The molecule has 26 heavy (non-hydrogen) atoms. The van der Waals surface area contributed by atoms with E-state index in [1.807, 2.05) is 6.07 Å². The van der Waals surface area contributed by atoms with Gasteiger partial charge in [0, 0.05) is 18.2 Å². The lowest BCUT2D eigenvalue weighted by molar-refractivity contribution is -0.137. The lowest BCUT2D eigenvalue weighted by Crippen LogP contribution is -2.07. The number of hydrogen-bond acceptors (Lipinski definition) is 5. The molecule has 0 aliphatic carbocycles. The number of pyridine rings is 1. The molecule has 0 saturated carbocycles. The zero-order valence-corrected chi connectivity index (χ0v) is 14.5. The van der Waals surface area contributed by atoms with Crippen LogP contribution in [0.25, 0.3) is 0 Å². The molecule has 0 saturated heterocycles. The minimum Gasteiger partial charge on any atom is -0.490 e. The average molecular weight is 386 g/mol. The maximum absolute atomic E-state index is 12.6. The highest BCUT2D eigenvalue weighted by molar-refractivity contribution is 6.33. The summed E-state index contributed by atoms with van der Waals surface area (Å²) in [6.07, 6.45) is -3.00. The van der Waals surface area contributed by atoms with Crippen molar-refractivity contribution in [1.29, 1.82) is 0 Å². The molecule has 0 unspecified atom stereocenters. The third-order valence-electron chi connectivity index (χ3n) is 3.66. The minimum absolute atomic E-state index is 0.0355. The van der Waals surface area contributed by atoms with Gasteiger partial charge in [-0.25, -0.2) is 4.98 Å². The fourth-order valence-corrected chi connectivity index (χ4v) is 2.47. The Bertz CT molecular complexity index is 840. The van der Waals surface area contributed by atoms with Gasteiger partial charge in [-0.15, -0.1) is 0 Å². The second-order valence-electron chi connectivity index (χ2n) is 5.57. The molecule has 5 nitrogen and oxygen atoms in total. The first kappa shape index (κ1) is 18.3. The summed E-state index contributed by atoms with van der Waals surface area (Å²) in [6, 6.07) is 6.20. The smallest absolute Gasteiger partial charge is 0.417 e. The van der Waals surface area contributed by atoms with Crippen LogP contribution in [0.4, 0.5) is 19.0 Å². The van der Waals surface area contributed by atoms with Crippen molar-refractivity contribution in [2.45, 2.75) is 19.5 Å². The maximum atomic E-state index is 12.6. The lowest BCUT2D eigenvalue weighted by atomic mass is 10.1. The van der Waals surface area contributed by atoms with Gasteiger partial charge in [0.25, 0.3) is 0 Å². The van der Waals surface area contributed by atoms with Crippen molar-refractivity contribution in [3.63, 3.8) is 0 Å². The van der Waals surface area contributed by atoms with E-state index in [2.05, 4.69) is 15.5 Å². The molecule has 1 aliphatic heterocycles. The van der Waals surface area contributed by atoms with Crippen molar-refractivity contribution in [3.8, 4) is 11.5 Å². The third-order valence-corrected chi connectivity index (χ3v) is 3.95. The van der Waals surface area contributed by atoms with E-state index in [1.54, 1.807) is 19.1 Å². The maximum Gasteiger partial charge on any atom is 0.417 e. The molecule has 0 fully saturated rings. The minimum atomic E-state index is -4.50. The fourth-order valence-electron chi connectivity index (χ4n) is 2.26. The van der Waals surface area contributed by atoms with Crippen molar-refractivity contribution >= 4 is 23.1 Å². The predicted octanol–water partition coefficient (Wildman–Crippen LogP) is 4.75. The molecule has 1 aromatic heterocycles. The highest BCUT2D eigenvalue weighted by atomic mass is 35.5. The number of hydrazone groups is 1. The molecule has 2 aromatic rings. The number of benzene rings is 1. The van der Waals surface area contributed by atoms with Gasteiger partial charge in [0.1, 0.15) is 0 Å². The van der Waals surface area contributed by atoms with Crippen LogP contribution in [-0.2, 0) is 6.18 Å². The topological polar surface area (TPSA) is 55.7 Å². The van der Waals surface area contributed by atoms with Crippen LogP contribution in [0.1, 0.15) is 24.5 Å². The normalized spacial score (nSPS) is 14.7. The van der Waals surface area contributed by atoms with Crippen molar-refractivity contribution in [2.75, 3.05) is 18.6 Å². The van der Waals surface area contributed by atoms with Gasteiger partial charge in [-0.2, -0.15) is 18.3 Å². The molecular weight excluding hydrogens is 371 g/mol. The molecule has 138 valence electrons. The summed E-state index contributed by atoms with van der Waals surface area (Å²) in [5, 5.41) is 3.96. The molecule has 9 heteroatoms. The summed E-state index contributed by atoms with van der Waals surface area (Å²) in [4.78, 5) is 3.68. The van der Waals surface area contributed by atoms with E-state index in [1.165, 1.54) is 0 Å². The monoisotopic (exact) mass is 385 g/mol. The molecule has 3 rings (SSSR count). The Morgan fingerprint density at radius 3 is 2.62 bits per heavy atom. The number of alkyl halides is 3. The Kier molecular flexibility index (Phi) is 5.22. The van der Waals surface area contributed by atoms with E-state index in [0.717, 1.165) is 18.1 Å². The van der Waals surface area contributed by atoms with Crippen molar-refractivity contribution in [3.05, 3.63) is 46.6 Å². The molecule has 0 radical (unpaired) electrons. The van der Waals surface area contributed by atoms with Crippen LogP contribution < -0.4 is 14.9 Å². The van der Waals surface area contributed by atoms with E-state index >= 15 is 0 Å². The van der Waals surface area contributed by atoms with Crippen LogP contribution in [0.15, 0.2) is 35.6 Å². The number of anilines is 1. The highest BCUT2D eigenvalue weighted by Gasteiger charge is 2.31. The Hall–Kier alpha value is -2.48. The van der Waals surface area contributed by atoms with Crippen LogP contribution in [0, 0.1) is 0 Å². The zero-order chi connectivity index (χ0) is 18.7. The van der Waals surface area contributed by atoms with Gasteiger partial charge in [-0.05, 0) is 31.2 Å². The number of ether oxygens (including phenoxy) is 2. The first-order valence-corrected chi connectivity index (χ1v) is 8.15. The molecule has 0 bridgehead atoms. The van der Waals surface area contributed by atoms with Crippen molar-refractivity contribution in [1.82, 2.24) is 4.98 Å². The largest absolute Gasteiger partial charge is 0.490 e. The van der Waals surface area contributed by atoms with Crippen LogP contribution in [0.2, 0.25) is 5.02 Å². The molecule has 2 heterocycles. The van der Waals surface area contributed by atoms with Crippen molar-refractivity contribution < 1.29 is 22.6 Å². The molecule has 1 aromatic carbocycles. The summed E-state index contributed by atoms with van der Waals surface area (Å²) < 4.78 is 49.1. The van der Waals surface area contributed by atoms with Crippen molar-refractivity contribution in [2.24, 2.45) is 5.10 Å². The van der Waals surface area contributed by atoms with Crippen LogP contribution in [-0.4, -0.2) is 23.9 Å². The quantitative estimate of drug-likeness (QED) is 0.612.